The Bertz CT molecular complexity index is 324. The number of nitrogens with one attached hydrogen (secondary N) is 1. The zero-order valence-electron chi connectivity index (χ0n) is 10.5. The van der Waals surface area contributed by atoms with Gasteiger partial charge in [0.2, 0.25) is 5.91 Å². The van der Waals surface area contributed by atoms with Gasteiger partial charge in [0, 0.05) is 25.0 Å². The zero-order chi connectivity index (χ0) is 14.0. The van der Waals surface area contributed by atoms with Crippen molar-refractivity contribution in [3.8, 4) is 0 Å². The Hall–Kier alpha value is -1.85. The first-order chi connectivity index (χ1) is 8.43. The van der Waals surface area contributed by atoms with E-state index < -0.39 is 11.9 Å². The number of hydrogen-bond acceptors (Lipinski definition) is 4. The van der Waals surface area contributed by atoms with Crippen LogP contribution in [-0.2, 0) is 19.1 Å². The van der Waals surface area contributed by atoms with Crippen LogP contribution >= 0.6 is 0 Å². The lowest BCUT2D eigenvalue weighted by Gasteiger charge is -2.06. The van der Waals surface area contributed by atoms with Crippen molar-refractivity contribution in [2.75, 3.05) is 13.2 Å². The van der Waals surface area contributed by atoms with E-state index in [0.29, 0.717) is 25.0 Å². The second kappa shape index (κ2) is 9.21. The highest BCUT2D eigenvalue weighted by Gasteiger charge is 2.04. The van der Waals surface area contributed by atoms with Crippen LogP contribution < -0.4 is 5.32 Å². The van der Waals surface area contributed by atoms with Crippen LogP contribution in [0, 0.1) is 0 Å². The molecule has 2 N–H and O–H groups in total. The molecule has 0 spiro atoms. The summed E-state index contributed by atoms with van der Waals surface area (Å²) in [7, 11) is 0. The summed E-state index contributed by atoms with van der Waals surface area (Å²) in [6.07, 6.45) is 1.02. The van der Waals surface area contributed by atoms with Crippen molar-refractivity contribution in [1.29, 1.82) is 0 Å². The third-order valence-corrected chi connectivity index (χ3v) is 2.02. The van der Waals surface area contributed by atoms with Crippen LogP contribution in [0.25, 0.3) is 0 Å². The predicted molar refractivity (Wildman–Crippen MR) is 64.9 cm³/mol. The molecule has 0 aromatic rings. The molecular weight excluding hydrogens is 238 g/mol. The van der Waals surface area contributed by atoms with Gasteiger partial charge in [0.05, 0.1) is 6.61 Å². The van der Waals surface area contributed by atoms with Gasteiger partial charge in [-0.1, -0.05) is 6.58 Å². The Morgan fingerprint density at radius 2 is 1.89 bits per heavy atom. The van der Waals surface area contributed by atoms with Crippen LogP contribution in [0.5, 0.6) is 0 Å². The lowest BCUT2D eigenvalue weighted by molar-refractivity contribution is -0.139. The quantitative estimate of drug-likeness (QED) is 0.363. The number of amides is 1. The summed E-state index contributed by atoms with van der Waals surface area (Å²) in [4.78, 5) is 32.4. The van der Waals surface area contributed by atoms with Crippen LogP contribution in [-0.4, -0.2) is 36.1 Å². The average Bonchev–Trinajstić information content (AvgIpc) is 2.27. The maximum Gasteiger partial charge on any atom is 0.333 e. The number of carboxylic acid groups (broad SMARTS) is 1. The summed E-state index contributed by atoms with van der Waals surface area (Å²) in [6, 6.07) is 0. The lowest BCUT2D eigenvalue weighted by Crippen LogP contribution is -2.25. The van der Waals surface area contributed by atoms with Gasteiger partial charge in [-0.3, -0.25) is 9.59 Å². The molecule has 0 heterocycles. The number of carbonyl (C=O) groups excluding carboxylic acids is 2. The highest BCUT2D eigenvalue weighted by Crippen LogP contribution is 1.96. The van der Waals surface area contributed by atoms with Gasteiger partial charge in [-0.2, -0.15) is 0 Å². The van der Waals surface area contributed by atoms with E-state index in [1.54, 1.807) is 6.92 Å². The van der Waals surface area contributed by atoms with E-state index in [9.17, 15) is 14.4 Å². The van der Waals surface area contributed by atoms with E-state index in [0.717, 1.165) is 0 Å². The minimum atomic E-state index is -0.908. The predicted octanol–water partition coefficient (Wildman–Crippen LogP) is 0.867. The first-order valence-electron chi connectivity index (χ1n) is 5.74. The highest BCUT2D eigenvalue weighted by atomic mass is 16.5. The van der Waals surface area contributed by atoms with Gasteiger partial charge in [0.15, 0.2) is 0 Å². The van der Waals surface area contributed by atoms with E-state index in [-0.39, 0.29) is 25.4 Å². The van der Waals surface area contributed by atoms with Crippen molar-refractivity contribution >= 4 is 17.8 Å². The maximum absolute atomic E-state index is 11.2. The largest absolute Gasteiger partial charge is 0.481 e. The summed E-state index contributed by atoms with van der Waals surface area (Å²) < 4.78 is 4.83. The molecule has 0 saturated heterocycles. The molecular formula is C12H19NO5. The number of ether oxygens (including phenoxy) is 1. The van der Waals surface area contributed by atoms with Crippen molar-refractivity contribution in [2.24, 2.45) is 0 Å². The van der Waals surface area contributed by atoms with Crippen molar-refractivity contribution < 1.29 is 24.2 Å². The molecule has 0 aliphatic heterocycles. The van der Waals surface area contributed by atoms with Crippen LogP contribution in [0.4, 0.5) is 0 Å². The first kappa shape index (κ1) is 16.1. The summed E-state index contributed by atoms with van der Waals surface area (Å²) in [5.74, 6) is -1.54. The number of aliphatic carboxylic acids is 1. The van der Waals surface area contributed by atoms with Gasteiger partial charge in [0.25, 0.3) is 0 Å². The van der Waals surface area contributed by atoms with Crippen molar-refractivity contribution in [3.63, 3.8) is 0 Å². The van der Waals surface area contributed by atoms with Crippen LogP contribution in [0.3, 0.4) is 0 Å². The Morgan fingerprint density at radius 1 is 1.22 bits per heavy atom. The molecule has 0 fully saturated rings. The summed E-state index contributed by atoms with van der Waals surface area (Å²) in [5.41, 5.74) is 0.340. The molecule has 0 unspecified atom stereocenters. The number of carboxylic acids is 1. The molecule has 0 saturated carbocycles. The first-order valence-corrected chi connectivity index (χ1v) is 5.74. The van der Waals surface area contributed by atoms with Gasteiger partial charge in [-0.05, 0) is 19.8 Å². The van der Waals surface area contributed by atoms with Gasteiger partial charge in [0.1, 0.15) is 0 Å². The second-order valence-corrected chi connectivity index (χ2v) is 3.87. The smallest absolute Gasteiger partial charge is 0.333 e. The minimum absolute atomic E-state index is 0.0103. The fraction of sp³-hybridized carbons (Fsp3) is 0.583. The van der Waals surface area contributed by atoms with E-state index in [1.807, 2.05) is 0 Å². The molecule has 1 amide bonds. The van der Waals surface area contributed by atoms with E-state index in [1.165, 1.54) is 0 Å². The molecule has 0 radical (unpaired) electrons. The monoisotopic (exact) mass is 257 g/mol. The lowest BCUT2D eigenvalue weighted by atomic mass is 10.2. The Kier molecular flexibility index (Phi) is 8.26. The van der Waals surface area contributed by atoms with Crippen molar-refractivity contribution in [1.82, 2.24) is 5.32 Å². The molecule has 0 rings (SSSR count). The Labute approximate surface area is 106 Å². The van der Waals surface area contributed by atoms with E-state index in [2.05, 4.69) is 11.9 Å². The fourth-order valence-electron chi connectivity index (χ4n) is 1.08. The molecule has 18 heavy (non-hydrogen) atoms. The summed E-state index contributed by atoms with van der Waals surface area (Å²) in [5, 5.41) is 11.0. The van der Waals surface area contributed by atoms with Crippen molar-refractivity contribution in [3.05, 3.63) is 12.2 Å². The normalized spacial score (nSPS) is 9.61. The zero-order valence-corrected chi connectivity index (χ0v) is 10.5. The van der Waals surface area contributed by atoms with E-state index in [4.69, 9.17) is 9.84 Å². The van der Waals surface area contributed by atoms with Crippen LogP contribution in [0.1, 0.15) is 32.6 Å². The van der Waals surface area contributed by atoms with Gasteiger partial charge >= 0.3 is 11.9 Å². The molecule has 6 heteroatoms. The average molecular weight is 257 g/mol. The van der Waals surface area contributed by atoms with Crippen LogP contribution in [0.15, 0.2) is 12.2 Å². The molecule has 6 nitrogen and oxygen atoms in total. The molecule has 0 aromatic carbocycles. The molecule has 0 aliphatic carbocycles. The summed E-state index contributed by atoms with van der Waals surface area (Å²) >= 11 is 0. The molecule has 0 aliphatic rings. The molecule has 102 valence electrons. The third kappa shape index (κ3) is 9.38. The minimum Gasteiger partial charge on any atom is -0.481 e. The standard InChI is InChI=1S/C12H19NO5/c1-9(2)12(17)18-8-4-7-13-10(14)5-3-6-11(15)16/h1,3-8H2,2H3,(H,13,14)(H,15,16). The SMILES string of the molecule is C=C(C)C(=O)OCCCNC(=O)CCCC(=O)O. The second-order valence-electron chi connectivity index (χ2n) is 3.87. The number of hydrogen-bond donors (Lipinski definition) is 2. The number of esters is 1. The van der Waals surface area contributed by atoms with Crippen molar-refractivity contribution in [2.45, 2.75) is 32.6 Å². The topological polar surface area (TPSA) is 92.7 Å². The van der Waals surface area contributed by atoms with Crippen LogP contribution in [0.2, 0.25) is 0 Å². The fourth-order valence-corrected chi connectivity index (χ4v) is 1.08. The van der Waals surface area contributed by atoms with Gasteiger partial charge < -0.3 is 15.2 Å². The highest BCUT2D eigenvalue weighted by molar-refractivity contribution is 5.86. The Morgan fingerprint density at radius 3 is 2.44 bits per heavy atom. The number of rotatable bonds is 9. The van der Waals surface area contributed by atoms with Gasteiger partial charge in [-0.15, -0.1) is 0 Å². The maximum atomic E-state index is 11.2. The van der Waals surface area contributed by atoms with Gasteiger partial charge in [-0.25, -0.2) is 4.79 Å². The molecule has 0 atom stereocenters. The summed E-state index contributed by atoms with van der Waals surface area (Å²) in [6.45, 7) is 5.62. The number of carbonyl (C=O) groups is 3. The van der Waals surface area contributed by atoms with E-state index >= 15 is 0 Å². The third-order valence-electron chi connectivity index (χ3n) is 2.02. The molecule has 0 bridgehead atoms. The molecule has 0 aromatic heterocycles. The Balaban J connectivity index is 3.43.